The quantitative estimate of drug-likeness (QED) is 0.645. The van der Waals surface area contributed by atoms with Crippen LogP contribution in [0.4, 0.5) is 5.69 Å². The molecule has 0 unspecified atom stereocenters. The Hall–Kier alpha value is -1.46. The van der Waals surface area contributed by atoms with Gasteiger partial charge in [-0.05, 0) is 30.5 Å². The standard InChI is InChI=1S/C16H24N2O2S/c1-3-9-16(10-4-2,14(17)21)15(20)18-13-7-5-12(11-19)6-8-13/h5-8,19H,3-4,9-11H2,1-2H3,(H2,17,21)(H,18,20). The highest BCUT2D eigenvalue weighted by Crippen LogP contribution is 2.32. The van der Waals surface area contributed by atoms with Crippen molar-refractivity contribution in [3.63, 3.8) is 0 Å². The first-order valence-corrected chi connectivity index (χ1v) is 7.72. The first kappa shape index (κ1) is 17.6. The molecular formula is C16H24N2O2S. The molecule has 1 aromatic rings. The molecule has 5 heteroatoms. The Kier molecular flexibility index (Phi) is 6.78. The average molecular weight is 308 g/mol. The fourth-order valence-electron chi connectivity index (χ4n) is 2.51. The summed E-state index contributed by atoms with van der Waals surface area (Å²) in [6, 6.07) is 7.09. The van der Waals surface area contributed by atoms with Crippen LogP contribution in [0, 0.1) is 5.41 Å². The van der Waals surface area contributed by atoms with Crippen LogP contribution in [-0.4, -0.2) is 16.0 Å². The third-order valence-electron chi connectivity index (χ3n) is 3.65. The highest BCUT2D eigenvalue weighted by Gasteiger charge is 2.39. The summed E-state index contributed by atoms with van der Waals surface area (Å²) in [6.07, 6.45) is 2.98. The molecule has 0 atom stereocenters. The Bertz CT molecular complexity index is 480. The molecule has 0 aromatic heterocycles. The van der Waals surface area contributed by atoms with Crippen LogP contribution < -0.4 is 11.1 Å². The summed E-state index contributed by atoms with van der Waals surface area (Å²) in [7, 11) is 0. The number of carbonyl (C=O) groups is 1. The Morgan fingerprint density at radius 1 is 1.24 bits per heavy atom. The highest BCUT2D eigenvalue weighted by atomic mass is 32.1. The number of amides is 1. The number of carbonyl (C=O) groups excluding carboxylic acids is 1. The van der Waals surface area contributed by atoms with Gasteiger partial charge in [-0.3, -0.25) is 4.79 Å². The predicted octanol–water partition coefficient (Wildman–Crippen LogP) is 2.99. The molecule has 0 spiro atoms. The van der Waals surface area contributed by atoms with Crippen molar-refractivity contribution < 1.29 is 9.90 Å². The molecule has 4 nitrogen and oxygen atoms in total. The van der Waals surface area contributed by atoms with E-state index >= 15 is 0 Å². The molecule has 0 aliphatic heterocycles. The lowest BCUT2D eigenvalue weighted by atomic mass is 9.78. The predicted molar refractivity (Wildman–Crippen MR) is 90.0 cm³/mol. The summed E-state index contributed by atoms with van der Waals surface area (Å²) in [5.41, 5.74) is 6.59. The molecule has 0 fully saturated rings. The summed E-state index contributed by atoms with van der Waals surface area (Å²) in [5.74, 6) is -0.143. The van der Waals surface area contributed by atoms with Crippen molar-refractivity contribution in [2.45, 2.75) is 46.1 Å². The topological polar surface area (TPSA) is 75.3 Å². The van der Waals surface area contributed by atoms with E-state index < -0.39 is 5.41 Å². The fourth-order valence-corrected chi connectivity index (χ4v) is 2.80. The zero-order chi connectivity index (χ0) is 15.9. The molecule has 0 bridgehead atoms. The zero-order valence-electron chi connectivity index (χ0n) is 12.7. The number of hydrogen-bond donors (Lipinski definition) is 3. The smallest absolute Gasteiger partial charge is 0.237 e. The van der Waals surface area contributed by atoms with Crippen LogP contribution in [0.5, 0.6) is 0 Å². The van der Waals surface area contributed by atoms with Crippen molar-refractivity contribution in [1.29, 1.82) is 0 Å². The number of rotatable bonds is 8. The molecule has 1 rings (SSSR count). The maximum Gasteiger partial charge on any atom is 0.237 e. The van der Waals surface area contributed by atoms with E-state index in [1.807, 2.05) is 13.8 Å². The van der Waals surface area contributed by atoms with Gasteiger partial charge in [0, 0.05) is 5.69 Å². The van der Waals surface area contributed by atoms with Crippen molar-refractivity contribution in [3.05, 3.63) is 29.8 Å². The summed E-state index contributed by atoms with van der Waals surface area (Å²) in [4.78, 5) is 12.9. The lowest BCUT2D eigenvalue weighted by molar-refractivity contribution is -0.122. The van der Waals surface area contributed by atoms with Crippen molar-refractivity contribution in [3.8, 4) is 0 Å². The van der Waals surface area contributed by atoms with Crippen molar-refractivity contribution in [2.24, 2.45) is 11.1 Å². The van der Waals surface area contributed by atoms with Crippen molar-refractivity contribution in [1.82, 2.24) is 0 Å². The lowest BCUT2D eigenvalue weighted by Crippen LogP contribution is -2.46. The molecule has 0 aliphatic carbocycles. The Morgan fingerprint density at radius 3 is 2.14 bits per heavy atom. The lowest BCUT2D eigenvalue weighted by Gasteiger charge is -2.31. The zero-order valence-corrected chi connectivity index (χ0v) is 13.5. The summed E-state index contributed by atoms with van der Waals surface area (Å²) in [5, 5.41) is 11.9. The van der Waals surface area contributed by atoms with Crippen LogP contribution in [0.1, 0.15) is 45.1 Å². The molecule has 0 aliphatic rings. The molecule has 1 amide bonds. The summed E-state index contributed by atoms with van der Waals surface area (Å²) in [6.45, 7) is 4.02. The Morgan fingerprint density at radius 2 is 1.76 bits per heavy atom. The maximum atomic E-state index is 12.7. The third-order valence-corrected chi connectivity index (χ3v) is 4.04. The van der Waals surface area contributed by atoms with Gasteiger partial charge < -0.3 is 16.2 Å². The van der Waals surface area contributed by atoms with Gasteiger partial charge in [-0.1, -0.05) is 51.0 Å². The molecule has 0 radical (unpaired) electrons. The molecular weight excluding hydrogens is 284 g/mol. The van der Waals surface area contributed by atoms with Gasteiger partial charge in [0.1, 0.15) is 0 Å². The average Bonchev–Trinajstić information content (AvgIpc) is 2.47. The second kappa shape index (κ2) is 8.10. The Balaban J connectivity index is 2.96. The summed E-state index contributed by atoms with van der Waals surface area (Å²) < 4.78 is 0. The van der Waals surface area contributed by atoms with Crippen LogP contribution in [0.15, 0.2) is 24.3 Å². The van der Waals surface area contributed by atoms with Crippen LogP contribution in [0.2, 0.25) is 0 Å². The number of hydrogen-bond acceptors (Lipinski definition) is 3. The first-order valence-electron chi connectivity index (χ1n) is 7.31. The van der Waals surface area contributed by atoms with E-state index in [0.717, 1.165) is 18.4 Å². The molecule has 116 valence electrons. The second-order valence-electron chi connectivity index (χ2n) is 5.26. The number of benzene rings is 1. The van der Waals surface area contributed by atoms with Crippen molar-refractivity contribution in [2.75, 3.05) is 5.32 Å². The van der Waals surface area contributed by atoms with Crippen LogP contribution in [0.25, 0.3) is 0 Å². The normalized spacial score (nSPS) is 11.2. The van der Waals surface area contributed by atoms with Gasteiger partial charge in [0.25, 0.3) is 0 Å². The number of anilines is 1. The van der Waals surface area contributed by atoms with E-state index in [4.69, 9.17) is 23.1 Å². The van der Waals surface area contributed by atoms with E-state index in [9.17, 15) is 4.79 Å². The van der Waals surface area contributed by atoms with E-state index in [0.29, 0.717) is 18.5 Å². The summed E-state index contributed by atoms with van der Waals surface area (Å²) >= 11 is 5.18. The largest absolute Gasteiger partial charge is 0.392 e. The highest BCUT2D eigenvalue weighted by molar-refractivity contribution is 7.80. The second-order valence-corrected chi connectivity index (χ2v) is 5.70. The maximum absolute atomic E-state index is 12.7. The fraction of sp³-hybridized carbons (Fsp3) is 0.500. The number of aliphatic hydroxyl groups excluding tert-OH is 1. The third kappa shape index (κ3) is 4.25. The van der Waals surface area contributed by atoms with Gasteiger partial charge >= 0.3 is 0 Å². The van der Waals surface area contributed by atoms with E-state index in [2.05, 4.69) is 5.32 Å². The molecule has 0 saturated carbocycles. The van der Waals surface area contributed by atoms with Gasteiger partial charge in [-0.15, -0.1) is 0 Å². The number of nitrogens with two attached hydrogens (primary N) is 1. The van der Waals surface area contributed by atoms with Gasteiger partial charge in [-0.25, -0.2) is 0 Å². The number of thiocarbonyl (C=S) groups is 1. The first-order chi connectivity index (χ1) is 10.00. The molecule has 4 N–H and O–H groups in total. The van der Waals surface area contributed by atoms with Gasteiger partial charge in [0.2, 0.25) is 5.91 Å². The van der Waals surface area contributed by atoms with E-state index in [-0.39, 0.29) is 17.5 Å². The van der Waals surface area contributed by atoms with E-state index in [1.54, 1.807) is 24.3 Å². The van der Waals surface area contributed by atoms with E-state index in [1.165, 1.54) is 0 Å². The van der Waals surface area contributed by atoms with Gasteiger partial charge in [0.15, 0.2) is 0 Å². The minimum Gasteiger partial charge on any atom is -0.392 e. The Labute approximate surface area is 131 Å². The monoisotopic (exact) mass is 308 g/mol. The number of aliphatic hydroxyl groups is 1. The SMILES string of the molecule is CCCC(CCC)(C(=O)Nc1ccc(CO)cc1)C(N)=S. The molecule has 0 saturated heterocycles. The van der Waals surface area contributed by atoms with Gasteiger partial charge in [0.05, 0.1) is 17.0 Å². The number of nitrogens with one attached hydrogen (secondary N) is 1. The molecule has 1 aromatic carbocycles. The minimum absolute atomic E-state index is 0.0171. The van der Waals surface area contributed by atoms with Crippen LogP contribution in [0.3, 0.4) is 0 Å². The minimum atomic E-state index is -0.783. The van der Waals surface area contributed by atoms with Gasteiger partial charge in [-0.2, -0.15) is 0 Å². The molecule has 21 heavy (non-hydrogen) atoms. The van der Waals surface area contributed by atoms with Crippen LogP contribution in [-0.2, 0) is 11.4 Å². The van der Waals surface area contributed by atoms with Crippen LogP contribution >= 0.6 is 12.2 Å². The molecule has 0 heterocycles. The van der Waals surface area contributed by atoms with Crippen molar-refractivity contribution >= 4 is 28.8 Å².